The molecule has 0 atom stereocenters. The average molecular weight is 384 g/mol. The van der Waals surface area contributed by atoms with Crippen LogP contribution >= 0.6 is 15.9 Å². The Morgan fingerprint density at radius 2 is 1.92 bits per heavy atom. The molecule has 2 aromatic carbocycles. The number of halogens is 1. The highest BCUT2D eigenvalue weighted by molar-refractivity contribution is 9.10. The molecule has 122 valence electrons. The van der Waals surface area contributed by atoms with Crippen molar-refractivity contribution < 1.29 is 4.79 Å². The van der Waals surface area contributed by atoms with E-state index in [1.807, 2.05) is 65.5 Å². The van der Waals surface area contributed by atoms with Crippen molar-refractivity contribution in [1.29, 1.82) is 0 Å². The van der Waals surface area contributed by atoms with Crippen LogP contribution < -0.4 is 5.32 Å². The summed E-state index contributed by atoms with van der Waals surface area (Å²) in [7, 11) is 0. The second-order valence-corrected chi connectivity index (χ2v) is 6.45. The number of aryl methyl sites for hydroxylation is 1. The van der Waals surface area contributed by atoms with Gasteiger partial charge in [0, 0.05) is 29.2 Å². The quantitative estimate of drug-likeness (QED) is 0.701. The van der Waals surface area contributed by atoms with Crippen LogP contribution in [0.1, 0.15) is 17.5 Å². The van der Waals surface area contributed by atoms with E-state index in [0.717, 1.165) is 27.7 Å². The van der Waals surface area contributed by atoms with E-state index in [-0.39, 0.29) is 5.91 Å². The molecule has 24 heavy (non-hydrogen) atoms. The molecular weight excluding hydrogens is 366 g/mol. The Morgan fingerprint density at radius 1 is 1.08 bits per heavy atom. The molecule has 0 aliphatic heterocycles. The van der Waals surface area contributed by atoms with Crippen LogP contribution in [0.5, 0.6) is 0 Å². The summed E-state index contributed by atoms with van der Waals surface area (Å²) in [6.07, 6.45) is 4.92. The fourth-order valence-electron chi connectivity index (χ4n) is 2.41. The van der Waals surface area contributed by atoms with Gasteiger partial charge in [-0.2, -0.15) is 5.10 Å². The summed E-state index contributed by atoms with van der Waals surface area (Å²) in [6, 6.07) is 17.9. The van der Waals surface area contributed by atoms with Crippen LogP contribution in [-0.2, 0) is 17.8 Å². The van der Waals surface area contributed by atoms with Gasteiger partial charge in [0.25, 0.3) is 0 Å². The van der Waals surface area contributed by atoms with Crippen LogP contribution in [0.15, 0.2) is 71.5 Å². The molecule has 1 N–H and O–H groups in total. The molecule has 0 saturated carbocycles. The van der Waals surface area contributed by atoms with Gasteiger partial charge in [0.05, 0.1) is 11.9 Å². The standard InChI is InChI=1S/C19H18BrN3O/c20-17-6-4-5-15(11-17)9-10-19(24)21-12-16-13-22-23(14-16)18-7-2-1-3-8-18/h1-8,11,13-14H,9-10,12H2,(H,21,24). The zero-order valence-corrected chi connectivity index (χ0v) is 14.7. The Kier molecular flexibility index (Phi) is 5.43. The molecular formula is C19H18BrN3O. The molecule has 0 radical (unpaired) electrons. The highest BCUT2D eigenvalue weighted by atomic mass is 79.9. The van der Waals surface area contributed by atoms with Crippen LogP contribution in [0.25, 0.3) is 5.69 Å². The Hall–Kier alpha value is -2.40. The number of aromatic nitrogens is 2. The lowest BCUT2D eigenvalue weighted by Gasteiger charge is -2.04. The molecule has 5 heteroatoms. The SMILES string of the molecule is O=C(CCc1cccc(Br)c1)NCc1cnn(-c2ccccc2)c1. The molecule has 0 bridgehead atoms. The zero-order valence-electron chi connectivity index (χ0n) is 13.2. The van der Waals surface area contributed by atoms with E-state index in [9.17, 15) is 4.79 Å². The number of nitrogens with zero attached hydrogens (tertiary/aromatic N) is 2. The van der Waals surface area contributed by atoms with Gasteiger partial charge in [-0.3, -0.25) is 4.79 Å². The third-order valence-electron chi connectivity index (χ3n) is 3.68. The van der Waals surface area contributed by atoms with E-state index in [1.165, 1.54) is 0 Å². The zero-order chi connectivity index (χ0) is 16.8. The number of carbonyl (C=O) groups excluding carboxylic acids is 1. The average Bonchev–Trinajstić information content (AvgIpc) is 3.08. The summed E-state index contributed by atoms with van der Waals surface area (Å²) in [6.45, 7) is 0.490. The Balaban J connectivity index is 1.49. The summed E-state index contributed by atoms with van der Waals surface area (Å²) in [5.41, 5.74) is 3.14. The molecule has 3 rings (SSSR count). The van der Waals surface area contributed by atoms with Crippen molar-refractivity contribution in [2.24, 2.45) is 0 Å². The molecule has 0 aliphatic rings. The third-order valence-corrected chi connectivity index (χ3v) is 4.17. The van der Waals surface area contributed by atoms with Crippen molar-refractivity contribution in [2.45, 2.75) is 19.4 Å². The third kappa shape index (κ3) is 4.55. The van der Waals surface area contributed by atoms with Crippen molar-refractivity contribution >= 4 is 21.8 Å². The number of nitrogens with one attached hydrogen (secondary N) is 1. The van der Waals surface area contributed by atoms with Gasteiger partial charge in [-0.25, -0.2) is 4.68 Å². The first kappa shape index (κ1) is 16.5. The van der Waals surface area contributed by atoms with Crippen molar-refractivity contribution in [3.05, 3.63) is 82.6 Å². The fraction of sp³-hybridized carbons (Fsp3) is 0.158. The summed E-state index contributed by atoms with van der Waals surface area (Å²) in [4.78, 5) is 12.0. The van der Waals surface area contributed by atoms with Crippen LogP contribution in [0, 0.1) is 0 Å². The second-order valence-electron chi connectivity index (χ2n) is 5.54. The van der Waals surface area contributed by atoms with Gasteiger partial charge >= 0.3 is 0 Å². The van der Waals surface area contributed by atoms with E-state index in [2.05, 4.69) is 26.3 Å². The van der Waals surface area contributed by atoms with Gasteiger partial charge in [-0.1, -0.05) is 46.3 Å². The van der Waals surface area contributed by atoms with Crippen LogP contribution in [-0.4, -0.2) is 15.7 Å². The number of benzene rings is 2. The van der Waals surface area contributed by atoms with Crippen molar-refractivity contribution in [1.82, 2.24) is 15.1 Å². The maximum atomic E-state index is 12.0. The lowest BCUT2D eigenvalue weighted by Crippen LogP contribution is -2.22. The number of hydrogen-bond donors (Lipinski definition) is 1. The normalized spacial score (nSPS) is 10.5. The largest absolute Gasteiger partial charge is 0.352 e. The predicted octanol–water partition coefficient (Wildman–Crippen LogP) is 3.88. The minimum atomic E-state index is 0.0439. The first-order valence-electron chi connectivity index (χ1n) is 7.81. The molecule has 0 saturated heterocycles. The monoisotopic (exact) mass is 383 g/mol. The summed E-state index contributed by atoms with van der Waals surface area (Å²) < 4.78 is 2.84. The van der Waals surface area contributed by atoms with E-state index < -0.39 is 0 Å². The van der Waals surface area contributed by atoms with E-state index in [1.54, 1.807) is 6.20 Å². The number of carbonyl (C=O) groups is 1. The van der Waals surface area contributed by atoms with E-state index in [0.29, 0.717) is 13.0 Å². The number of rotatable bonds is 6. The smallest absolute Gasteiger partial charge is 0.220 e. The molecule has 1 aromatic heterocycles. The maximum absolute atomic E-state index is 12.0. The van der Waals surface area contributed by atoms with Crippen molar-refractivity contribution in [3.8, 4) is 5.69 Å². The minimum absolute atomic E-state index is 0.0439. The van der Waals surface area contributed by atoms with Gasteiger partial charge in [-0.15, -0.1) is 0 Å². The Labute approximate surface area is 149 Å². The Morgan fingerprint density at radius 3 is 2.71 bits per heavy atom. The van der Waals surface area contributed by atoms with Crippen molar-refractivity contribution in [2.75, 3.05) is 0 Å². The highest BCUT2D eigenvalue weighted by Crippen LogP contribution is 2.13. The van der Waals surface area contributed by atoms with Gasteiger partial charge < -0.3 is 5.32 Å². The molecule has 1 amide bonds. The molecule has 0 unspecified atom stereocenters. The number of hydrogen-bond acceptors (Lipinski definition) is 2. The maximum Gasteiger partial charge on any atom is 0.220 e. The summed E-state index contributed by atoms with van der Waals surface area (Å²) >= 11 is 3.44. The molecule has 3 aromatic rings. The lowest BCUT2D eigenvalue weighted by molar-refractivity contribution is -0.121. The lowest BCUT2D eigenvalue weighted by atomic mass is 10.1. The predicted molar refractivity (Wildman–Crippen MR) is 97.9 cm³/mol. The first-order valence-corrected chi connectivity index (χ1v) is 8.60. The van der Waals surface area contributed by atoms with Gasteiger partial charge in [-0.05, 0) is 36.2 Å². The fourth-order valence-corrected chi connectivity index (χ4v) is 2.86. The van der Waals surface area contributed by atoms with Gasteiger partial charge in [0.1, 0.15) is 0 Å². The van der Waals surface area contributed by atoms with Crippen LogP contribution in [0.2, 0.25) is 0 Å². The van der Waals surface area contributed by atoms with Gasteiger partial charge in [0.2, 0.25) is 5.91 Å². The van der Waals surface area contributed by atoms with Crippen LogP contribution in [0.4, 0.5) is 0 Å². The topological polar surface area (TPSA) is 46.9 Å². The molecule has 1 heterocycles. The van der Waals surface area contributed by atoms with Crippen molar-refractivity contribution in [3.63, 3.8) is 0 Å². The van der Waals surface area contributed by atoms with E-state index in [4.69, 9.17) is 0 Å². The summed E-state index contributed by atoms with van der Waals surface area (Å²) in [5.74, 6) is 0.0439. The number of para-hydroxylation sites is 1. The Bertz CT molecular complexity index is 814. The van der Waals surface area contributed by atoms with E-state index >= 15 is 0 Å². The molecule has 4 nitrogen and oxygen atoms in total. The summed E-state index contributed by atoms with van der Waals surface area (Å²) in [5, 5.41) is 7.27. The van der Waals surface area contributed by atoms with Gasteiger partial charge in [0.15, 0.2) is 0 Å². The number of amides is 1. The second kappa shape index (κ2) is 7.93. The molecule has 0 aliphatic carbocycles. The molecule has 0 spiro atoms. The molecule has 0 fully saturated rings. The highest BCUT2D eigenvalue weighted by Gasteiger charge is 2.05. The van der Waals surface area contributed by atoms with Crippen LogP contribution in [0.3, 0.4) is 0 Å². The first-order chi connectivity index (χ1) is 11.7. The minimum Gasteiger partial charge on any atom is -0.352 e.